The van der Waals surface area contributed by atoms with E-state index in [0.717, 1.165) is 39.4 Å². The monoisotopic (exact) mass is 597 g/mol. The third-order valence-electron chi connectivity index (χ3n) is 6.82. The molecule has 2 heterocycles. The number of para-hydroxylation sites is 1. The summed E-state index contributed by atoms with van der Waals surface area (Å²) >= 11 is 6.94. The number of benzene rings is 3. The van der Waals surface area contributed by atoms with Crippen LogP contribution in [0.25, 0.3) is 23.0 Å². The number of carbonyl (C=O) groups excluding carboxylic acids is 1. The van der Waals surface area contributed by atoms with Gasteiger partial charge in [0.1, 0.15) is 22.4 Å². The predicted molar refractivity (Wildman–Crippen MR) is 173 cm³/mol. The lowest BCUT2D eigenvalue weighted by Gasteiger charge is -2.15. The molecular weight excluding hydrogens is 567 g/mol. The first-order chi connectivity index (χ1) is 20.4. The number of aromatic nitrogens is 2. The zero-order chi connectivity index (χ0) is 29.6. The Morgan fingerprint density at radius 3 is 2.52 bits per heavy atom. The smallest absolute Gasteiger partial charge is 0.266 e. The van der Waals surface area contributed by atoms with E-state index in [0.29, 0.717) is 40.3 Å². The van der Waals surface area contributed by atoms with Crippen molar-refractivity contribution in [3.05, 3.63) is 107 Å². The maximum Gasteiger partial charge on any atom is 0.266 e. The first-order valence-electron chi connectivity index (χ1n) is 13.4. The van der Waals surface area contributed by atoms with E-state index in [2.05, 4.69) is 6.58 Å². The Balaban J connectivity index is 1.44. The minimum Gasteiger partial charge on any atom is -0.493 e. The summed E-state index contributed by atoms with van der Waals surface area (Å²) in [7, 11) is 3.21. The molecule has 0 bridgehead atoms. The van der Waals surface area contributed by atoms with Crippen molar-refractivity contribution in [1.82, 2.24) is 14.7 Å². The molecule has 1 saturated heterocycles. The highest BCUT2D eigenvalue weighted by molar-refractivity contribution is 8.26. The van der Waals surface area contributed by atoms with Crippen LogP contribution in [0.3, 0.4) is 0 Å². The number of nitrogens with zero attached hydrogens (tertiary/aromatic N) is 3. The van der Waals surface area contributed by atoms with Gasteiger partial charge in [-0.15, -0.1) is 0 Å². The van der Waals surface area contributed by atoms with Gasteiger partial charge < -0.3 is 14.2 Å². The molecule has 1 fully saturated rings. The molecule has 42 heavy (non-hydrogen) atoms. The van der Waals surface area contributed by atoms with Gasteiger partial charge in [-0.05, 0) is 73.0 Å². The molecule has 0 radical (unpaired) electrons. The molecule has 0 N–H and O–H groups in total. The number of aryl methyl sites for hydroxylation is 1. The fraction of sp³-hybridized carbons (Fsp3) is 0.182. The fourth-order valence-electron chi connectivity index (χ4n) is 4.67. The molecule has 0 spiro atoms. The Labute approximate surface area is 255 Å². The molecule has 1 aliphatic heterocycles. The molecule has 7 nitrogen and oxygen atoms in total. The van der Waals surface area contributed by atoms with Gasteiger partial charge in [0.15, 0.2) is 11.5 Å². The van der Waals surface area contributed by atoms with Crippen LogP contribution in [0.2, 0.25) is 0 Å². The molecular formula is C33H31N3O4S2. The highest BCUT2D eigenvalue weighted by atomic mass is 32.2. The number of carbonyl (C=O) groups is 1. The Morgan fingerprint density at radius 2 is 1.81 bits per heavy atom. The zero-order valence-electron chi connectivity index (χ0n) is 23.7. The van der Waals surface area contributed by atoms with Gasteiger partial charge >= 0.3 is 0 Å². The molecule has 3 aromatic carbocycles. The minimum absolute atomic E-state index is 0.117. The van der Waals surface area contributed by atoms with Crippen molar-refractivity contribution in [2.24, 2.45) is 0 Å². The number of methoxy groups -OCH3 is 2. The first kappa shape index (κ1) is 29.2. The van der Waals surface area contributed by atoms with Crippen LogP contribution in [0.5, 0.6) is 17.2 Å². The van der Waals surface area contributed by atoms with Crippen LogP contribution >= 0.6 is 24.0 Å². The van der Waals surface area contributed by atoms with Gasteiger partial charge in [0.05, 0.1) is 24.8 Å². The van der Waals surface area contributed by atoms with Crippen LogP contribution < -0.4 is 14.2 Å². The van der Waals surface area contributed by atoms with Crippen molar-refractivity contribution < 1.29 is 19.0 Å². The number of hydrogen-bond acceptors (Lipinski definition) is 7. The van der Waals surface area contributed by atoms with Gasteiger partial charge in [0, 0.05) is 23.9 Å². The largest absolute Gasteiger partial charge is 0.493 e. The summed E-state index contributed by atoms with van der Waals surface area (Å²) in [6.07, 6.45) is 6.17. The topological polar surface area (TPSA) is 65.8 Å². The standard InChI is InChI=1S/C33H31N3O4S2/c1-5-17-40-26-12-13-27(22(2)18-26)31-24(21-36(34-31)25-9-7-6-8-10-25)20-30-32(37)35(33(41)42-30)16-15-23-11-14-28(38-3)29(19-23)39-4/h5-14,18-21H,1,15-17H2,2-4H3/b30-20-. The number of thioether (sulfide) groups is 1. The van der Waals surface area contributed by atoms with E-state index in [9.17, 15) is 4.79 Å². The molecule has 1 aliphatic rings. The molecule has 1 aromatic heterocycles. The van der Waals surface area contributed by atoms with E-state index >= 15 is 0 Å². The van der Waals surface area contributed by atoms with Crippen molar-refractivity contribution in [1.29, 1.82) is 0 Å². The van der Waals surface area contributed by atoms with Crippen LogP contribution in [0.15, 0.2) is 90.5 Å². The fourth-order valence-corrected chi connectivity index (χ4v) is 5.97. The molecule has 9 heteroatoms. The third kappa shape index (κ3) is 6.27. The molecule has 5 rings (SSSR count). The lowest BCUT2D eigenvalue weighted by Crippen LogP contribution is -2.30. The number of hydrogen-bond donors (Lipinski definition) is 0. The lowest BCUT2D eigenvalue weighted by molar-refractivity contribution is -0.122. The summed E-state index contributed by atoms with van der Waals surface area (Å²) in [6.45, 7) is 6.63. The van der Waals surface area contributed by atoms with Crippen molar-refractivity contribution in [3.8, 4) is 34.2 Å². The highest BCUT2D eigenvalue weighted by Crippen LogP contribution is 2.36. The van der Waals surface area contributed by atoms with E-state index in [1.165, 1.54) is 11.8 Å². The summed E-state index contributed by atoms with van der Waals surface area (Å²) in [5.41, 5.74) is 5.49. The van der Waals surface area contributed by atoms with E-state index in [4.69, 9.17) is 31.5 Å². The summed E-state index contributed by atoms with van der Waals surface area (Å²) < 4.78 is 18.8. The van der Waals surface area contributed by atoms with E-state index in [-0.39, 0.29) is 5.91 Å². The molecule has 0 saturated carbocycles. The Morgan fingerprint density at radius 1 is 1.02 bits per heavy atom. The van der Waals surface area contributed by atoms with Crippen molar-refractivity contribution in [3.63, 3.8) is 0 Å². The molecule has 0 aliphatic carbocycles. The Hall–Kier alpha value is -4.34. The molecule has 0 unspecified atom stereocenters. The van der Waals surface area contributed by atoms with E-state index in [1.807, 2.05) is 90.6 Å². The maximum absolute atomic E-state index is 13.6. The van der Waals surface area contributed by atoms with Crippen molar-refractivity contribution in [2.75, 3.05) is 27.4 Å². The number of rotatable bonds is 11. The van der Waals surface area contributed by atoms with Crippen LogP contribution in [0.1, 0.15) is 16.7 Å². The SMILES string of the molecule is C=CCOc1ccc(-c2nn(-c3ccccc3)cc2/C=C2\SC(=S)N(CCc3ccc(OC)c(OC)c3)C2=O)c(C)c1. The number of amides is 1. The quantitative estimate of drug-likeness (QED) is 0.106. The second-order valence-corrected chi connectivity index (χ2v) is 11.2. The van der Waals surface area contributed by atoms with Crippen LogP contribution in [0, 0.1) is 6.92 Å². The predicted octanol–water partition coefficient (Wildman–Crippen LogP) is 6.87. The van der Waals surface area contributed by atoms with Gasteiger partial charge in [-0.2, -0.15) is 5.10 Å². The molecule has 1 amide bonds. The van der Waals surface area contributed by atoms with Gasteiger partial charge in [0.2, 0.25) is 0 Å². The average molecular weight is 598 g/mol. The van der Waals surface area contributed by atoms with Crippen LogP contribution in [-0.4, -0.2) is 52.3 Å². The normalized spacial score (nSPS) is 14.0. The third-order valence-corrected chi connectivity index (χ3v) is 8.19. The second-order valence-electron chi connectivity index (χ2n) is 9.56. The summed E-state index contributed by atoms with van der Waals surface area (Å²) in [4.78, 5) is 15.8. The zero-order valence-corrected chi connectivity index (χ0v) is 25.3. The maximum atomic E-state index is 13.6. The number of thiocarbonyl (C=S) groups is 1. The second kappa shape index (κ2) is 13.1. The summed E-state index contributed by atoms with van der Waals surface area (Å²) in [5, 5.41) is 4.94. The average Bonchev–Trinajstić information content (AvgIpc) is 3.54. The Bertz CT molecular complexity index is 1660. The minimum atomic E-state index is -0.117. The van der Waals surface area contributed by atoms with Gasteiger partial charge in [0.25, 0.3) is 5.91 Å². The van der Waals surface area contributed by atoms with Crippen molar-refractivity contribution in [2.45, 2.75) is 13.3 Å². The molecule has 214 valence electrons. The first-order valence-corrected chi connectivity index (χ1v) is 14.6. The summed E-state index contributed by atoms with van der Waals surface area (Å²) in [5.74, 6) is 1.96. The van der Waals surface area contributed by atoms with Crippen LogP contribution in [-0.2, 0) is 11.2 Å². The van der Waals surface area contributed by atoms with Crippen LogP contribution in [0.4, 0.5) is 0 Å². The molecule has 0 atom stereocenters. The van der Waals surface area contributed by atoms with Crippen molar-refractivity contribution >= 4 is 40.3 Å². The van der Waals surface area contributed by atoms with E-state index in [1.54, 1.807) is 25.2 Å². The van der Waals surface area contributed by atoms with Gasteiger partial charge in [-0.1, -0.05) is 60.9 Å². The highest BCUT2D eigenvalue weighted by Gasteiger charge is 2.32. The lowest BCUT2D eigenvalue weighted by atomic mass is 10.0. The Kier molecular flexibility index (Phi) is 9.09. The summed E-state index contributed by atoms with van der Waals surface area (Å²) in [6, 6.07) is 21.6. The molecule has 4 aromatic rings. The van der Waals surface area contributed by atoms with Gasteiger partial charge in [-0.3, -0.25) is 9.69 Å². The number of ether oxygens (including phenoxy) is 3. The van der Waals surface area contributed by atoms with Gasteiger partial charge in [-0.25, -0.2) is 4.68 Å². The van der Waals surface area contributed by atoms with E-state index < -0.39 is 0 Å².